The second-order valence-corrected chi connectivity index (χ2v) is 3.69. The van der Waals surface area contributed by atoms with Crippen molar-refractivity contribution in [3.63, 3.8) is 0 Å². The van der Waals surface area contributed by atoms with Crippen LogP contribution in [0.25, 0.3) is 0 Å². The average Bonchev–Trinajstić information content (AvgIpc) is 2.35. The van der Waals surface area contributed by atoms with Gasteiger partial charge in [0, 0.05) is 0 Å². The van der Waals surface area contributed by atoms with Gasteiger partial charge in [0.15, 0.2) is 0 Å². The summed E-state index contributed by atoms with van der Waals surface area (Å²) in [5, 5.41) is 0. The highest BCUT2D eigenvalue weighted by atomic mass is 14.1. The molecule has 0 amide bonds. The van der Waals surface area contributed by atoms with Gasteiger partial charge in [0.05, 0.1) is 0 Å². The Kier molecular flexibility index (Phi) is 6.02. The molecule has 1 aliphatic rings. The fourth-order valence-corrected chi connectivity index (χ4v) is 1.58. The molecule has 0 heterocycles. The largest absolute Gasteiger partial charge is 0.0877 e. The highest BCUT2D eigenvalue weighted by Crippen LogP contribution is 2.21. The molecule has 16 heavy (non-hydrogen) atoms. The van der Waals surface area contributed by atoms with Gasteiger partial charge in [0.1, 0.15) is 0 Å². The molecule has 0 atom stereocenters. The molecule has 0 aromatic heterocycles. The summed E-state index contributed by atoms with van der Waals surface area (Å²) in [5.41, 5.74) is 2.72. The Morgan fingerprint density at radius 3 is 2.56 bits per heavy atom. The van der Waals surface area contributed by atoms with E-state index in [0.717, 1.165) is 12.8 Å². The van der Waals surface area contributed by atoms with Crippen LogP contribution in [0.1, 0.15) is 26.7 Å². The van der Waals surface area contributed by atoms with Crippen LogP contribution >= 0.6 is 0 Å². The highest BCUT2D eigenvalue weighted by Gasteiger charge is 2.02. The summed E-state index contributed by atoms with van der Waals surface area (Å²) in [6.07, 6.45) is 23.5. The van der Waals surface area contributed by atoms with Crippen LogP contribution in [0.4, 0.5) is 0 Å². The smallest absolute Gasteiger partial charge is 0.0225 e. The van der Waals surface area contributed by atoms with E-state index in [1.54, 1.807) is 0 Å². The van der Waals surface area contributed by atoms with Crippen LogP contribution in [0.2, 0.25) is 0 Å². The Morgan fingerprint density at radius 1 is 1.12 bits per heavy atom. The van der Waals surface area contributed by atoms with Crippen LogP contribution in [0, 0.1) is 0 Å². The third-order valence-corrected chi connectivity index (χ3v) is 2.43. The summed E-state index contributed by atoms with van der Waals surface area (Å²) in [6.45, 7) is 4.07. The summed E-state index contributed by atoms with van der Waals surface area (Å²) < 4.78 is 0. The molecule has 1 aliphatic carbocycles. The third kappa shape index (κ3) is 4.31. The van der Waals surface area contributed by atoms with Crippen LogP contribution in [-0.2, 0) is 0 Å². The van der Waals surface area contributed by atoms with Crippen LogP contribution < -0.4 is 0 Å². The van der Waals surface area contributed by atoms with Crippen LogP contribution in [-0.4, -0.2) is 0 Å². The van der Waals surface area contributed by atoms with E-state index in [0.29, 0.717) is 0 Å². The van der Waals surface area contributed by atoms with Gasteiger partial charge in [-0.1, -0.05) is 60.8 Å². The Balaban J connectivity index is 2.86. The Morgan fingerprint density at radius 2 is 1.94 bits per heavy atom. The van der Waals surface area contributed by atoms with Crippen LogP contribution in [0.3, 0.4) is 0 Å². The zero-order valence-corrected chi connectivity index (χ0v) is 10.2. The lowest BCUT2D eigenvalue weighted by atomic mass is 9.96. The van der Waals surface area contributed by atoms with Gasteiger partial charge in [0.25, 0.3) is 0 Å². The topological polar surface area (TPSA) is 0 Å². The van der Waals surface area contributed by atoms with E-state index in [9.17, 15) is 0 Å². The lowest BCUT2D eigenvalue weighted by Crippen LogP contribution is -1.90. The maximum Gasteiger partial charge on any atom is -0.0225 e. The summed E-state index contributed by atoms with van der Waals surface area (Å²) in [7, 11) is 0. The maximum absolute atomic E-state index is 2.21. The number of allylic oxidation sites excluding steroid dienone is 12. The molecule has 0 saturated heterocycles. The predicted octanol–water partition coefficient (Wildman–Crippen LogP) is 4.90. The van der Waals surface area contributed by atoms with E-state index >= 15 is 0 Å². The quantitative estimate of drug-likeness (QED) is 0.581. The molecule has 0 N–H and O–H groups in total. The fraction of sp³-hybridized carbons (Fsp3) is 0.250. The van der Waals surface area contributed by atoms with E-state index in [1.807, 2.05) is 19.9 Å². The first-order valence-corrected chi connectivity index (χ1v) is 5.87. The van der Waals surface area contributed by atoms with Crippen LogP contribution in [0.5, 0.6) is 0 Å². The Labute approximate surface area is 99.1 Å². The molecule has 0 spiro atoms. The SMILES string of the molecule is C\C=C/C=C/C(=C/C=C/C)C1=CC=CCC1. The van der Waals surface area contributed by atoms with Crippen molar-refractivity contribution >= 4 is 0 Å². The maximum atomic E-state index is 2.21. The number of hydrogen-bond donors (Lipinski definition) is 0. The van der Waals surface area contributed by atoms with Crippen LogP contribution in [0.15, 0.2) is 71.9 Å². The van der Waals surface area contributed by atoms with Crippen molar-refractivity contribution in [3.8, 4) is 0 Å². The molecule has 0 bridgehead atoms. The zero-order chi connectivity index (χ0) is 11.6. The minimum Gasteiger partial charge on any atom is -0.0877 e. The normalized spacial score (nSPS) is 17.9. The number of rotatable bonds is 4. The standard InChI is InChI=1S/C16H20/c1-3-5-8-12-15(11-6-4-2)16-13-9-7-10-14-16/h3-9,11-13H,10,14H2,1-2H3/b5-3-,6-4+,12-8+,15-11-. The zero-order valence-electron chi connectivity index (χ0n) is 10.2. The van der Waals surface area contributed by atoms with E-state index in [2.05, 4.69) is 54.7 Å². The summed E-state index contributed by atoms with van der Waals surface area (Å²) in [5.74, 6) is 0. The lowest BCUT2D eigenvalue weighted by Gasteiger charge is -2.09. The molecule has 0 aliphatic heterocycles. The molecule has 0 heteroatoms. The summed E-state index contributed by atoms with van der Waals surface area (Å²) in [4.78, 5) is 0. The van der Waals surface area contributed by atoms with Crippen molar-refractivity contribution in [1.29, 1.82) is 0 Å². The van der Waals surface area contributed by atoms with E-state index in [4.69, 9.17) is 0 Å². The molecule has 0 radical (unpaired) electrons. The second-order valence-electron chi connectivity index (χ2n) is 3.69. The van der Waals surface area contributed by atoms with Crippen molar-refractivity contribution < 1.29 is 0 Å². The number of hydrogen-bond acceptors (Lipinski definition) is 0. The third-order valence-electron chi connectivity index (χ3n) is 2.43. The first-order valence-electron chi connectivity index (χ1n) is 5.87. The molecular formula is C16H20. The average molecular weight is 212 g/mol. The molecular weight excluding hydrogens is 192 g/mol. The van der Waals surface area contributed by atoms with Crippen molar-refractivity contribution in [1.82, 2.24) is 0 Å². The summed E-state index contributed by atoms with van der Waals surface area (Å²) in [6, 6.07) is 0. The lowest BCUT2D eigenvalue weighted by molar-refractivity contribution is 0.978. The molecule has 0 fully saturated rings. The highest BCUT2D eigenvalue weighted by molar-refractivity contribution is 5.45. The fourth-order valence-electron chi connectivity index (χ4n) is 1.58. The molecule has 84 valence electrons. The van der Waals surface area contributed by atoms with E-state index in [-0.39, 0.29) is 0 Å². The molecule has 0 aromatic carbocycles. The van der Waals surface area contributed by atoms with Crippen molar-refractivity contribution in [2.45, 2.75) is 26.7 Å². The molecule has 0 unspecified atom stereocenters. The first kappa shape index (κ1) is 12.5. The Hall–Kier alpha value is -1.56. The Bertz CT molecular complexity index is 371. The van der Waals surface area contributed by atoms with Gasteiger partial charge in [-0.3, -0.25) is 0 Å². The van der Waals surface area contributed by atoms with Gasteiger partial charge < -0.3 is 0 Å². The van der Waals surface area contributed by atoms with Gasteiger partial charge in [-0.25, -0.2) is 0 Å². The van der Waals surface area contributed by atoms with Gasteiger partial charge in [0.2, 0.25) is 0 Å². The van der Waals surface area contributed by atoms with Crippen molar-refractivity contribution in [3.05, 3.63) is 71.9 Å². The minimum atomic E-state index is 1.14. The first-order chi connectivity index (χ1) is 7.88. The molecule has 1 rings (SSSR count). The van der Waals surface area contributed by atoms with Gasteiger partial charge >= 0.3 is 0 Å². The molecule has 0 saturated carbocycles. The minimum absolute atomic E-state index is 1.14. The second kappa shape index (κ2) is 7.70. The van der Waals surface area contributed by atoms with E-state index in [1.165, 1.54) is 11.1 Å². The molecule has 0 nitrogen and oxygen atoms in total. The monoisotopic (exact) mass is 212 g/mol. The van der Waals surface area contributed by atoms with Gasteiger partial charge in [-0.05, 0) is 37.8 Å². The van der Waals surface area contributed by atoms with E-state index < -0.39 is 0 Å². The predicted molar refractivity (Wildman–Crippen MR) is 73.3 cm³/mol. The van der Waals surface area contributed by atoms with Crippen molar-refractivity contribution in [2.75, 3.05) is 0 Å². The van der Waals surface area contributed by atoms with Gasteiger partial charge in [-0.2, -0.15) is 0 Å². The summed E-state index contributed by atoms with van der Waals surface area (Å²) >= 11 is 0. The van der Waals surface area contributed by atoms with Crippen molar-refractivity contribution in [2.24, 2.45) is 0 Å². The molecule has 0 aromatic rings. The van der Waals surface area contributed by atoms with Gasteiger partial charge in [-0.15, -0.1) is 0 Å².